The summed E-state index contributed by atoms with van der Waals surface area (Å²) in [6.07, 6.45) is 0.0540. The number of halogens is 3. The second kappa shape index (κ2) is 37.3. The second-order valence-electron chi connectivity index (χ2n) is 30.6. The maximum Gasteiger partial charge on any atom is 0.419 e. The van der Waals surface area contributed by atoms with Crippen LogP contribution >= 0.6 is 0 Å². The first-order valence-corrected chi connectivity index (χ1v) is 36.7. The number of rotatable bonds is 16. The van der Waals surface area contributed by atoms with Crippen LogP contribution in [0.15, 0.2) is 43.0 Å². The maximum atomic E-state index is 15.8. The molecule has 106 heavy (non-hydrogen) atoms. The molecule has 3 N–H and O–H groups in total. The summed E-state index contributed by atoms with van der Waals surface area (Å²) in [6.45, 7) is 14.2. The number of methoxy groups -OCH3 is 1. The van der Waals surface area contributed by atoms with Crippen LogP contribution in [0.3, 0.4) is 0 Å². The van der Waals surface area contributed by atoms with E-state index in [1.54, 1.807) is 32.9 Å². The SMILES string of the molecule is C=CCOC(=O)C[C@H]1C(=O)N(C)CC(=O)N[C@H](CCc2ccc(C(F)(F)F)c(OC)c2)C(=O)N2C[C@H](OCC)C[C@@H]2C(=O)NC2(CC(C)(C)C2)C(=O)N(C)[C@H](C2CCCC2)C(=O)N(C)[C@@H](C(=O)N(C)C)CC(=O)N(C)[C@@H](CC(C)C)C(=O)NC([C@@H](C)CC)C(=O)N(C)CC(=O)N(C)C2C/C=C\CCN1C2=O. The summed E-state index contributed by atoms with van der Waals surface area (Å²) in [4.78, 5) is 205. The van der Waals surface area contributed by atoms with Gasteiger partial charge in [0.1, 0.15) is 66.2 Å². The van der Waals surface area contributed by atoms with Crippen LogP contribution < -0.4 is 20.7 Å². The zero-order valence-electron chi connectivity index (χ0n) is 64.6. The first kappa shape index (κ1) is 86.3. The lowest BCUT2D eigenvalue weighted by Crippen LogP contribution is -2.71. The van der Waals surface area contributed by atoms with E-state index in [9.17, 15) is 46.7 Å². The summed E-state index contributed by atoms with van der Waals surface area (Å²) in [5, 5.41) is 8.60. The number of hydrogen-bond donors (Lipinski definition) is 3. The van der Waals surface area contributed by atoms with E-state index in [4.69, 9.17) is 14.2 Å². The van der Waals surface area contributed by atoms with E-state index in [0.717, 1.165) is 43.7 Å². The fourth-order valence-electron chi connectivity index (χ4n) is 15.4. The largest absolute Gasteiger partial charge is 0.496 e. The molecule has 2 bridgehead atoms. The van der Waals surface area contributed by atoms with Gasteiger partial charge in [0.25, 0.3) is 0 Å². The van der Waals surface area contributed by atoms with Gasteiger partial charge < -0.3 is 74.3 Å². The Balaban J connectivity index is 1.51. The third-order valence-corrected chi connectivity index (χ3v) is 21.3. The molecule has 3 aliphatic heterocycles. The standard InChI is InChI=1S/C75H113F3N12O16/c1-18-34-106-61(94)39-56-68(99)83(11)41-58(91)79-51(32-30-47-29-31-50(75(76,77)78)57(36-47)104-17)66(97)90-40-49(105-20-3)37-54(90)65(96)81-74(43-73(7,8)44-74)72(103)88(16)63(48-26-23-24-27-48)71(102)87(15)55(67(98)82(9)10)38-59(92)86(14)53(35-45(4)5)64(95)80-62(46(6)19-2)70(101)84(12)42-60(93)85(13)52-28-22-21-25-33-89(56)69(52)100/h18,21-22,29,31,36,45-46,48-49,51-56,62-63H,1,19-20,23-28,30,32-35,37-44H2,2-17H3,(H,79,91)(H,80,95)(H,81,96)/b22-21-/t46-,49+,51+,52?,53-,54+,55+,56-,62?,63+/m0/s1. The Labute approximate surface area is 621 Å². The number of likely N-dealkylation sites (N-methyl/N-ethyl adjacent to an activating group) is 7. The third-order valence-electron chi connectivity index (χ3n) is 21.3. The average molecular weight is 1500 g/mol. The molecule has 3 heterocycles. The van der Waals surface area contributed by atoms with Crippen molar-refractivity contribution in [2.75, 3.05) is 103 Å². The summed E-state index contributed by atoms with van der Waals surface area (Å²) in [5.41, 5.74) is -3.10. The summed E-state index contributed by atoms with van der Waals surface area (Å²) in [5.74, 6) is -12.0. The normalized spacial score (nSPS) is 26.6. The van der Waals surface area contributed by atoms with Gasteiger partial charge in [-0.3, -0.25) is 62.3 Å². The maximum absolute atomic E-state index is 15.8. The molecule has 12 amide bonds. The van der Waals surface area contributed by atoms with Crippen molar-refractivity contribution in [1.82, 2.24) is 60.0 Å². The monoisotopic (exact) mass is 1490 g/mol. The Bertz CT molecular complexity index is 3430. The lowest BCUT2D eigenvalue weighted by molar-refractivity contribution is -0.161. The van der Waals surface area contributed by atoms with Crippen LogP contribution in [0.1, 0.15) is 149 Å². The van der Waals surface area contributed by atoms with Crippen LogP contribution in [-0.4, -0.2) is 284 Å². The van der Waals surface area contributed by atoms with Crippen molar-refractivity contribution >= 4 is 76.9 Å². The van der Waals surface area contributed by atoms with E-state index in [0.29, 0.717) is 32.1 Å². The molecule has 10 atom stereocenters. The number of carbonyl (C=O) groups excluding carboxylic acids is 13. The summed E-state index contributed by atoms with van der Waals surface area (Å²) < 4.78 is 59.0. The number of esters is 1. The molecule has 6 rings (SSSR count). The van der Waals surface area contributed by atoms with Crippen LogP contribution in [0.5, 0.6) is 5.75 Å². The van der Waals surface area contributed by atoms with Gasteiger partial charge in [-0.05, 0) is 106 Å². The van der Waals surface area contributed by atoms with Crippen LogP contribution in [0.4, 0.5) is 13.2 Å². The predicted molar refractivity (Wildman–Crippen MR) is 385 cm³/mol. The molecule has 4 fully saturated rings. The van der Waals surface area contributed by atoms with Crippen molar-refractivity contribution in [2.45, 2.75) is 211 Å². The van der Waals surface area contributed by atoms with Crippen molar-refractivity contribution < 1.29 is 89.7 Å². The van der Waals surface area contributed by atoms with Crippen LogP contribution in [-0.2, 0) is 84.4 Å². The van der Waals surface area contributed by atoms with E-state index >= 15 is 28.8 Å². The minimum Gasteiger partial charge on any atom is -0.496 e. The molecule has 1 aromatic carbocycles. The number of carbonyl (C=O) groups is 13. The van der Waals surface area contributed by atoms with Crippen molar-refractivity contribution in [3.05, 3.63) is 54.1 Å². The minimum atomic E-state index is -4.81. The third kappa shape index (κ3) is 21.2. The molecule has 0 aromatic heterocycles. The van der Waals surface area contributed by atoms with Crippen molar-refractivity contribution in [3.8, 4) is 5.75 Å². The molecule has 31 heteroatoms. The topological polar surface area (TPSA) is 315 Å². The minimum absolute atomic E-state index is 0.0567. The second-order valence-corrected chi connectivity index (χ2v) is 30.6. The number of ether oxygens (including phenoxy) is 3. The highest BCUT2D eigenvalue weighted by Gasteiger charge is 2.59. The van der Waals surface area contributed by atoms with E-state index in [2.05, 4.69) is 22.5 Å². The lowest BCUT2D eigenvalue weighted by atomic mass is 9.58. The quantitative estimate of drug-likeness (QED) is 0.156. The lowest BCUT2D eigenvalue weighted by Gasteiger charge is -2.54. The zero-order chi connectivity index (χ0) is 79.2. The van der Waals surface area contributed by atoms with E-state index < -0.39 is 198 Å². The number of fused-ring (bicyclic) bond motifs is 3. The van der Waals surface area contributed by atoms with E-state index in [-0.39, 0.29) is 89.2 Å². The van der Waals surface area contributed by atoms with Gasteiger partial charge in [-0.2, -0.15) is 13.2 Å². The van der Waals surface area contributed by atoms with Gasteiger partial charge in [0.05, 0.1) is 44.7 Å². The molecule has 590 valence electrons. The Kier molecular flexibility index (Phi) is 30.3. The van der Waals surface area contributed by atoms with Crippen LogP contribution in [0, 0.1) is 23.2 Å². The van der Waals surface area contributed by atoms with E-state index in [1.807, 2.05) is 27.7 Å². The summed E-state index contributed by atoms with van der Waals surface area (Å²) in [7, 11) is 12.1. The van der Waals surface area contributed by atoms with Crippen molar-refractivity contribution in [2.24, 2.45) is 23.2 Å². The first-order valence-electron chi connectivity index (χ1n) is 36.7. The molecular weight excluding hydrogens is 1380 g/mol. The number of aryl methyl sites for hydroxylation is 1. The number of amides is 12. The van der Waals surface area contributed by atoms with Gasteiger partial charge in [-0.25, -0.2) is 0 Å². The molecule has 2 saturated heterocycles. The highest BCUT2D eigenvalue weighted by molar-refractivity contribution is 6.01. The fraction of sp³-hybridized carbons (Fsp3) is 0.693. The Hall–Kier alpha value is -8.64. The van der Waals surface area contributed by atoms with Crippen molar-refractivity contribution in [1.29, 1.82) is 0 Å². The summed E-state index contributed by atoms with van der Waals surface area (Å²) in [6, 6.07) is -8.17. The van der Waals surface area contributed by atoms with Gasteiger partial charge in [0.15, 0.2) is 0 Å². The zero-order valence-corrected chi connectivity index (χ0v) is 64.6. The molecular formula is C75H113F3N12O16. The number of benzene rings is 1. The molecule has 0 radical (unpaired) electrons. The fourth-order valence-corrected chi connectivity index (χ4v) is 15.4. The Morgan fingerprint density at radius 3 is 2.00 bits per heavy atom. The molecule has 1 aromatic rings. The van der Waals surface area contributed by atoms with Crippen LogP contribution in [0.25, 0.3) is 0 Å². The number of nitrogens with one attached hydrogen (secondary N) is 3. The molecule has 2 saturated carbocycles. The van der Waals surface area contributed by atoms with Gasteiger partial charge >= 0.3 is 12.1 Å². The Morgan fingerprint density at radius 2 is 1.42 bits per heavy atom. The predicted octanol–water partition coefficient (Wildman–Crippen LogP) is 3.96. The smallest absolute Gasteiger partial charge is 0.419 e. The van der Waals surface area contributed by atoms with E-state index in [1.165, 1.54) is 88.1 Å². The molecule has 2 aliphatic carbocycles. The van der Waals surface area contributed by atoms with Crippen LogP contribution in [0.2, 0.25) is 0 Å². The number of nitrogens with zero attached hydrogens (tertiary/aromatic N) is 9. The first-order chi connectivity index (χ1) is 49.7. The van der Waals surface area contributed by atoms with Gasteiger partial charge in [0.2, 0.25) is 70.9 Å². The highest BCUT2D eigenvalue weighted by Crippen LogP contribution is 2.50. The number of alkyl halides is 3. The van der Waals surface area contributed by atoms with Gasteiger partial charge in [-0.1, -0.05) is 91.7 Å². The molecule has 2 unspecified atom stereocenters. The van der Waals surface area contributed by atoms with Gasteiger partial charge in [0, 0.05) is 82.5 Å². The highest BCUT2D eigenvalue weighted by atomic mass is 19.4. The molecule has 5 aliphatic rings. The van der Waals surface area contributed by atoms with Crippen molar-refractivity contribution in [3.63, 3.8) is 0 Å². The molecule has 28 nitrogen and oxygen atoms in total. The average Bonchev–Trinajstić information content (AvgIpc) is 0.885. The Morgan fingerprint density at radius 1 is 0.764 bits per heavy atom. The number of hydrogen-bond acceptors (Lipinski definition) is 16. The van der Waals surface area contributed by atoms with Gasteiger partial charge in [-0.15, -0.1) is 0 Å². The summed E-state index contributed by atoms with van der Waals surface area (Å²) >= 11 is 0. The molecule has 1 spiro atoms.